The molecule has 0 saturated carbocycles. The largest absolute Gasteiger partial charge is 0.294 e. The van der Waals surface area contributed by atoms with E-state index in [9.17, 15) is 0 Å². The number of rotatable bonds is 21. The summed E-state index contributed by atoms with van der Waals surface area (Å²) in [6, 6.07) is 22.4. The third kappa shape index (κ3) is 12.1. The van der Waals surface area contributed by atoms with Crippen molar-refractivity contribution in [2.45, 2.75) is 25.7 Å². The van der Waals surface area contributed by atoms with Crippen molar-refractivity contribution in [3.05, 3.63) is 60.7 Å². The van der Waals surface area contributed by atoms with Crippen molar-refractivity contribution < 1.29 is 0 Å². The maximum absolute atomic E-state index is 2.46. The minimum Gasteiger partial charge on any atom is -0.294 e. The Kier molecular flexibility index (Phi) is 16.8. The van der Waals surface area contributed by atoms with Gasteiger partial charge in [-0.25, -0.2) is 0 Å². The van der Waals surface area contributed by atoms with Crippen LogP contribution in [0.4, 0.5) is 11.4 Å². The molecule has 2 atom stereocenters. The Balaban J connectivity index is 1.92. The lowest BCUT2D eigenvalue weighted by Gasteiger charge is -2.36. The molecule has 2 rings (SSSR count). The third-order valence-electron chi connectivity index (χ3n) is 7.05. The van der Waals surface area contributed by atoms with E-state index in [4.69, 9.17) is 0 Å². The van der Waals surface area contributed by atoms with Gasteiger partial charge in [0, 0.05) is 36.5 Å². The van der Waals surface area contributed by atoms with E-state index >= 15 is 0 Å². The smallest absolute Gasteiger partial charge is 0.132 e. The molecular weight excluding hydrogens is 517 g/mol. The maximum Gasteiger partial charge on any atom is 0.132 e. The van der Waals surface area contributed by atoms with Gasteiger partial charge in [0.1, 0.15) is 11.4 Å². The zero-order valence-corrected chi connectivity index (χ0v) is 26.5. The van der Waals surface area contributed by atoms with E-state index < -0.39 is 0 Å². The van der Waals surface area contributed by atoms with E-state index in [1.54, 1.807) is 0 Å². The van der Waals surface area contributed by atoms with E-state index in [0.29, 0.717) is 0 Å². The Morgan fingerprint density at radius 1 is 0.472 bits per heavy atom. The van der Waals surface area contributed by atoms with Gasteiger partial charge in [0.05, 0.1) is 40.3 Å². The van der Waals surface area contributed by atoms with Crippen LogP contribution in [0.5, 0.6) is 0 Å². The van der Waals surface area contributed by atoms with Gasteiger partial charge in [0.2, 0.25) is 0 Å². The lowest BCUT2D eigenvalue weighted by molar-refractivity contribution is 0.297. The molecule has 0 amide bonds. The fraction of sp³-hybridized carbons (Fsp3) is 0.600. The van der Waals surface area contributed by atoms with Crippen molar-refractivity contribution in [3.8, 4) is 0 Å². The van der Waals surface area contributed by atoms with Crippen LogP contribution >= 0.6 is 47.0 Å². The molecule has 0 heterocycles. The molecule has 2 nitrogen and oxygen atoms in total. The average molecular weight is 567 g/mol. The van der Waals surface area contributed by atoms with E-state index in [1.165, 1.54) is 97.8 Å². The molecule has 0 saturated heterocycles. The Bertz CT molecular complexity index is 725. The van der Waals surface area contributed by atoms with E-state index in [-0.39, 0.29) is 0 Å². The Labute approximate surface area is 239 Å². The number of para-hydroxylation sites is 2. The molecule has 36 heavy (non-hydrogen) atoms. The van der Waals surface area contributed by atoms with Gasteiger partial charge in [-0.15, -0.1) is 0 Å². The zero-order chi connectivity index (χ0) is 26.0. The molecule has 0 aliphatic rings. The lowest BCUT2D eigenvalue weighted by Crippen LogP contribution is -2.49. The number of unbranched alkanes of at least 4 members (excludes halogenated alkanes) is 1. The van der Waals surface area contributed by atoms with E-state index in [0.717, 1.165) is 8.97 Å². The SMILES string of the molecule is CSCCCSCC[N+](C)(CCCC[N+](C)(CCCSCCSC)c1ccccc1)c1ccccc1. The molecular formula is C30H50N2S4+2. The third-order valence-corrected chi connectivity index (χ3v) is 10.7. The fourth-order valence-corrected chi connectivity index (χ4v) is 8.05. The minimum absolute atomic E-state index is 1.05. The summed E-state index contributed by atoms with van der Waals surface area (Å²) in [6.07, 6.45) is 9.57. The van der Waals surface area contributed by atoms with Crippen LogP contribution in [0.15, 0.2) is 60.7 Å². The van der Waals surface area contributed by atoms with E-state index in [1.807, 2.05) is 23.5 Å². The number of quaternary nitrogens is 2. The van der Waals surface area contributed by atoms with Crippen LogP contribution in [0.2, 0.25) is 0 Å². The Morgan fingerprint density at radius 2 is 0.944 bits per heavy atom. The molecule has 0 aliphatic heterocycles. The maximum atomic E-state index is 2.46. The molecule has 0 radical (unpaired) electrons. The van der Waals surface area contributed by atoms with Crippen molar-refractivity contribution >= 4 is 58.4 Å². The van der Waals surface area contributed by atoms with Gasteiger partial charge in [-0.1, -0.05) is 36.4 Å². The van der Waals surface area contributed by atoms with Crippen molar-refractivity contribution in [2.24, 2.45) is 0 Å². The first-order valence-corrected chi connectivity index (χ1v) is 18.6. The normalized spacial score (nSPS) is 14.9. The first-order chi connectivity index (χ1) is 17.5. The van der Waals surface area contributed by atoms with Crippen molar-refractivity contribution in [1.29, 1.82) is 0 Å². The molecule has 202 valence electrons. The van der Waals surface area contributed by atoms with Crippen LogP contribution in [0.3, 0.4) is 0 Å². The molecule has 0 aliphatic carbocycles. The second-order valence-corrected chi connectivity index (χ2v) is 14.4. The first-order valence-electron chi connectivity index (χ1n) is 13.5. The quantitative estimate of drug-likeness (QED) is 0.111. The highest BCUT2D eigenvalue weighted by molar-refractivity contribution is 8.02. The van der Waals surface area contributed by atoms with Crippen LogP contribution in [0.1, 0.15) is 25.7 Å². The predicted octanol–water partition coefficient (Wildman–Crippen LogP) is 8.01. The summed E-state index contributed by atoms with van der Waals surface area (Å²) in [5.41, 5.74) is 2.93. The van der Waals surface area contributed by atoms with Gasteiger partial charge in [-0.2, -0.15) is 47.0 Å². The monoisotopic (exact) mass is 566 g/mol. The molecule has 2 unspecified atom stereocenters. The van der Waals surface area contributed by atoms with Gasteiger partial charge < -0.3 is 0 Å². The highest BCUT2D eigenvalue weighted by atomic mass is 32.2. The molecule has 2 aromatic carbocycles. The lowest BCUT2D eigenvalue weighted by atomic mass is 10.1. The fourth-order valence-electron chi connectivity index (χ4n) is 4.67. The number of benzene rings is 2. The van der Waals surface area contributed by atoms with Gasteiger partial charge in [0.25, 0.3) is 0 Å². The molecule has 0 spiro atoms. The topological polar surface area (TPSA) is 0 Å². The highest BCUT2D eigenvalue weighted by Crippen LogP contribution is 2.25. The number of thioether (sulfide) groups is 4. The second kappa shape index (κ2) is 18.9. The van der Waals surface area contributed by atoms with Crippen LogP contribution in [0, 0.1) is 0 Å². The Hall–Kier alpha value is -0.240. The molecule has 0 aromatic heterocycles. The molecule has 0 fully saturated rings. The molecule has 6 heteroatoms. The van der Waals surface area contributed by atoms with Crippen LogP contribution in [-0.2, 0) is 0 Å². The summed E-state index contributed by atoms with van der Waals surface area (Å²) in [7, 11) is 4.91. The van der Waals surface area contributed by atoms with Gasteiger partial charge in [-0.05, 0) is 60.5 Å². The van der Waals surface area contributed by atoms with Crippen LogP contribution in [0.25, 0.3) is 0 Å². The summed E-state index contributed by atoms with van der Waals surface area (Å²) < 4.78 is 2.11. The van der Waals surface area contributed by atoms with Crippen LogP contribution < -0.4 is 8.97 Å². The molecule has 0 N–H and O–H groups in total. The van der Waals surface area contributed by atoms with Crippen molar-refractivity contribution in [3.63, 3.8) is 0 Å². The predicted molar refractivity (Wildman–Crippen MR) is 178 cm³/mol. The average Bonchev–Trinajstić information content (AvgIpc) is 2.92. The molecule has 2 aromatic rings. The highest BCUT2D eigenvalue weighted by Gasteiger charge is 2.27. The van der Waals surface area contributed by atoms with Crippen molar-refractivity contribution in [2.75, 3.05) is 87.3 Å². The standard InChI is InChI=1S/C30H50N2S4/c1-31(29-15-7-5-8-16-29,21-13-24-36-28-27-34-4)19-11-12-20-32(2,30-17-9-6-10-18-30)22-26-35-25-14-23-33-3/h5-10,15-18H,11-14,19-28H2,1-4H3/q+2. The van der Waals surface area contributed by atoms with Gasteiger partial charge >= 0.3 is 0 Å². The number of hydrogen-bond donors (Lipinski definition) is 0. The van der Waals surface area contributed by atoms with Crippen LogP contribution in [-0.4, -0.2) is 87.3 Å². The summed E-state index contributed by atoms with van der Waals surface area (Å²) in [6.45, 7) is 4.88. The van der Waals surface area contributed by atoms with Gasteiger partial charge in [-0.3, -0.25) is 8.97 Å². The summed E-state index contributed by atoms with van der Waals surface area (Å²) in [5.74, 6) is 7.64. The Morgan fingerprint density at radius 3 is 1.50 bits per heavy atom. The first kappa shape index (κ1) is 32.0. The second-order valence-electron chi connectivity index (χ2n) is 9.98. The van der Waals surface area contributed by atoms with E-state index in [2.05, 4.69) is 111 Å². The minimum atomic E-state index is 1.05. The summed E-state index contributed by atoms with van der Waals surface area (Å²) >= 11 is 8.18. The summed E-state index contributed by atoms with van der Waals surface area (Å²) in [5, 5.41) is 0. The number of nitrogens with zero attached hydrogens (tertiary/aromatic N) is 2. The van der Waals surface area contributed by atoms with Crippen molar-refractivity contribution in [1.82, 2.24) is 8.97 Å². The number of hydrogen-bond acceptors (Lipinski definition) is 4. The zero-order valence-electron chi connectivity index (χ0n) is 23.2. The summed E-state index contributed by atoms with van der Waals surface area (Å²) in [4.78, 5) is 0. The van der Waals surface area contributed by atoms with Gasteiger partial charge in [0.15, 0.2) is 0 Å². The molecule has 0 bridgehead atoms.